The SMILES string of the molecule is CCC(Oc1ccccc1C(C)CC)C(=O)NNC(=O)COc1ccccc1. The standard InChI is InChI=1S/C22H28N2O4/c1-4-16(3)18-13-9-10-14-20(18)28-19(5-2)22(26)24-23-21(25)15-27-17-11-7-6-8-12-17/h6-14,16,19H,4-5,15H2,1-3H3,(H,23,25)(H,24,26). The average molecular weight is 384 g/mol. The maximum Gasteiger partial charge on any atom is 0.279 e. The van der Waals surface area contributed by atoms with E-state index in [0.29, 0.717) is 23.8 Å². The molecule has 0 aliphatic heterocycles. The molecule has 2 aromatic carbocycles. The Balaban J connectivity index is 1.87. The highest BCUT2D eigenvalue weighted by atomic mass is 16.5. The van der Waals surface area contributed by atoms with Crippen LogP contribution >= 0.6 is 0 Å². The molecule has 0 bridgehead atoms. The predicted octanol–water partition coefficient (Wildman–Crippen LogP) is 3.58. The molecular weight excluding hydrogens is 356 g/mol. The molecule has 2 unspecified atom stereocenters. The number of hydrogen-bond acceptors (Lipinski definition) is 4. The first kappa shape index (κ1) is 21.3. The third-order valence-electron chi connectivity index (χ3n) is 4.43. The fourth-order valence-corrected chi connectivity index (χ4v) is 2.60. The molecule has 28 heavy (non-hydrogen) atoms. The third-order valence-corrected chi connectivity index (χ3v) is 4.43. The van der Waals surface area contributed by atoms with Crippen LogP contribution in [0.25, 0.3) is 0 Å². The summed E-state index contributed by atoms with van der Waals surface area (Å²) in [6, 6.07) is 16.7. The second-order valence-corrected chi connectivity index (χ2v) is 6.50. The van der Waals surface area contributed by atoms with E-state index < -0.39 is 17.9 Å². The molecule has 0 aliphatic rings. The summed E-state index contributed by atoms with van der Waals surface area (Å²) in [7, 11) is 0. The maximum atomic E-state index is 12.4. The van der Waals surface area contributed by atoms with E-state index >= 15 is 0 Å². The van der Waals surface area contributed by atoms with Gasteiger partial charge in [-0.05, 0) is 42.5 Å². The summed E-state index contributed by atoms with van der Waals surface area (Å²) in [6.45, 7) is 5.89. The van der Waals surface area contributed by atoms with Gasteiger partial charge in [-0.2, -0.15) is 0 Å². The van der Waals surface area contributed by atoms with Crippen LogP contribution in [0.4, 0.5) is 0 Å². The number of hydrazine groups is 1. The zero-order valence-corrected chi connectivity index (χ0v) is 16.6. The molecular formula is C22H28N2O4. The fourth-order valence-electron chi connectivity index (χ4n) is 2.60. The van der Waals surface area contributed by atoms with Crippen LogP contribution in [0.15, 0.2) is 54.6 Å². The molecule has 0 fully saturated rings. The van der Waals surface area contributed by atoms with E-state index in [0.717, 1.165) is 12.0 Å². The van der Waals surface area contributed by atoms with Crippen molar-refractivity contribution in [1.29, 1.82) is 0 Å². The number of carbonyl (C=O) groups excluding carboxylic acids is 2. The van der Waals surface area contributed by atoms with Crippen LogP contribution < -0.4 is 20.3 Å². The Morgan fingerprint density at radius 3 is 2.29 bits per heavy atom. The summed E-state index contributed by atoms with van der Waals surface area (Å²) in [4.78, 5) is 24.3. The first-order valence-electron chi connectivity index (χ1n) is 9.57. The van der Waals surface area contributed by atoms with Gasteiger partial charge < -0.3 is 9.47 Å². The number of nitrogens with one attached hydrogen (secondary N) is 2. The van der Waals surface area contributed by atoms with Crippen molar-refractivity contribution in [3.05, 3.63) is 60.2 Å². The van der Waals surface area contributed by atoms with Gasteiger partial charge in [0.1, 0.15) is 11.5 Å². The van der Waals surface area contributed by atoms with Gasteiger partial charge in [-0.1, -0.05) is 57.2 Å². The van der Waals surface area contributed by atoms with E-state index in [2.05, 4.69) is 24.7 Å². The van der Waals surface area contributed by atoms with Gasteiger partial charge in [-0.3, -0.25) is 20.4 Å². The number of ether oxygens (including phenoxy) is 2. The molecule has 0 aromatic heterocycles. The first-order valence-corrected chi connectivity index (χ1v) is 9.57. The van der Waals surface area contributed by atoms with E-state index in [1.54, 1.807) is 12.1 Å². The second-order valence-electron chi connectivity index (χ2n) is 6.50. The zero-order valence-electron chi connectivity index (χ0n) is 16.6. The molecule has 0 saturated carbocycles. The van der Waals surface area contributed by atoms with E-state index in [9.17, 15) is 9.59 Å². The van der Waals surface area contributed by atoms with Crippen molar-refractivity contribution in [3.8, 4) is 11.5 Å². The Labute approximate surface area is 166 Å². The van der Waals surface area contributed by atoms with Crippen LogP contribution in [-0.4, -0.2) is 24.5 Å². The fraction of sp³-hybridized carbons (Fsp3) is 0.364. The van der Waals surface area contributed by atoms with Crippen LogP contribution in [0.1, 0.15) is 45.1 Å². The van der Waals surface area contributed by atoms with Crippen molar-refractivity contribution in [2.24, 2.45) is 0 Å². The lowest BCUT2D eigenvalue weighted by atomic mass is 9.98. The topological polar surface area (TPSA) is 76.7 Å². The third kappa shape index (κ3) is 6.30. The van der Waals surface area contributed by atoms with Crippen LogP contribution in [0.2, 0.25) is 0 Å². The highest BCUT2D eigenvalue weighted by molar-refractivity contribution is 5.85. The largest absolute Gasteiger partial charge is 0.484 e. The molecule has 2 atom stereocenters. The van der Waals surface area contributed by atoms with Crippen molar-refractivity contribution >= 4 is 11.8 Å². The second kappa shape index (κ2) is 11.0. The van der Waals surface area contributed by atoms with E-state index in [1.807, 2.05) is 49.4 Å². The van der Waals surface area contributed by atoms with Crippen molar-refractivity contribution in [2.45, 2.75) is 45.6 Å². The molecule has 2 N–H and O–H groups in total. The summed E-state index contributed by atoms with van der Waals surface area (Å²) in [5.41, 5.74) is 5.83. The van der Waals surface area contributed by atoms with Gasteiger partial charge in [-0.25, -0.2) is 0 Å². The Hall–Kier alpha value is -3.02. The van der Waals surface area contributed by atoms with E-state index in [-0.39, 0.29) is 6.61 Å². The minimum atomic E-state index is -0.708. The summed E-state index contributed by atoms with van der Waals surface area (Å²) in [6.07, 6.45) is 0.735. The van der Waals surface area contributed by atoms with Crippen LogP contribution in [-0.2, 0) is 9.59 Å². The van der Waals surface area contributed by atoms with Gasteiger partial charge in [0.2, 0.25) is 0 Å². The molecule has 0 heterocycles. The van der Waals surface area contributed by atoms with Gasteiger partial charge in [-0.15, -0.1) is 0 Å². The quantitative estimate of drug-likeness (QED) is 0.648. The van der Waals surface area contributed by atoms with E-state index in [4.69, 9.17) is 9.47 Å². The molecule has 6 heteroatoms. The Kier molecular flexibility index (Phi) is 8.34. The number of benzene rings is 2. The number of rotatable bonds is 9. The van der Waals surface area contributed by atoms with Gasteiger partial charge in [0.25, 0.3) is 11.8 Å². The number of para-hydroxylation sites is 2. The predicted molar refractivity (Wildman–Crippen MR) is 108 cm³/mol. The zero-order chi connectivity index (χ0) is 20.4. The van der Waals surface area contributed by atoms with Crippen LogP contribution in [0, 0.1) is 0 Å². The van der Waals surface area contributed by atoms with Crippen molar-refractivity contribution in [1.82, 2.24) is 10.9 Å². The summed E-state index contributed by atoms with van der Waals surface area (Å²) < 4.78 is 11.3. The minimum Gasteiger partial charge on any atom is -0.484 e. The lowest BCUT2D eigenvalue weighted by Gasteiger charge is -2.21. The normalized spacial score (nSPS) is 12.5. The lowest BCUT2D eigenvalue weighted by Crippen LogP contribution is -2.49. The van der Waals surface area contributed by atoms with Crippen molar-refractivity contribution < 1.29 is 19.1 Å². The lowest BCUT2D eigenvalue weighted by molar-refractivity contribution is -0.134. The van der Waals surface area contributed by atoms with Crippen molar-refractivity contribution in [3.63, 3.8) is 0 Å². The highest BCUT2D eigenvalue weighted by Gasteiger charge is 2.21. The minimum absolute atomic E-state index is 0.196. The summed E-state index contributed by atoms with van der Waals surface area (Å²) in [5.74, 6) is 0.742. The molecule has 0 aliphatic carbocycles. The Morgan fingerprint density at radius 1 is 0.929 bits per heavy atom. The molecule has 2 rings (SSSR count). The van der Waals surface area contributed by atoms with Gasteiger partial charge in [0.15, 0.2) is 12.7 Å². The smallest absolute Gasteiger partial charge is 0.279 e. The van der Waals surface area contributed by atoms with E-state index in [1.165, 1.54) is 0 Å². The number of hydrogen-bond donors (Lipinski definition) is 2. The van der Waals surface area contributed by atoms with Gasteiger partial charge >= 0.3 is 0 Å². The first-order chi connectivity index (χ1) is 13.5. The van der Waals surface area contributed by atoms with Crippen LogP contribution in [0.5, 0.6) is 11.5 Å². The number of amides is 2. The molecule has 0 saturated heterocycles. The summed E-state index contributed by atoms with van der Waals surface area (Å²) >= 11 is 0. The molecule has 0 spiro atoms. The Morgan fingerprint density at radius 2 is 1.61 bits per heavy atom. The summed E-state index contributed by atoms with van der Waals surface area (Å²) in [5, 5.41) is 0. The number of carbonyl (C=O) groups is 2. The highest BCUT2D eigenvalue weighted by Crippen LogP contribution is 2.29. The molecule has 150 valence electrons. The van der Waals surface area contributed by atoms with Gasteiger partial charge in [0.05, 0.1) is 0 Å². The molecule has 6 nitrogen and oxygen atoms in total. The average Bonchev–Trinajstić information content (AvgIpc) is 2.74. The molecule has 2 amide bonds. The molecule has 2 aromatic rings. The molecule has 0 radical (unpaired) electrons. The Bertz CT molecular complexity index is 764. The van der Waals surface area contributed by atoms with Gasteiger partial charge in [0, 0.05) is 0 Å². The van der Waals surface area contributed by atoms with Crippen LogP contribution in [0.3, 0.4) is 0 Å². The van der Waals surface area contributed by atoms with Crippen molar-refractivity contribution in [2.75, 3.05) is 6.61 Å². The monoisotopic (exact) mass is 384 g/mol. The maximum absolute atomic E-state index is 12.4.